The van der Waals surface area contributed by atoms with Gasteiger partial charge in [-0.05, 0) is 13.3 Å². The van der Waals surface area contributed by atoms with Gasteiger partial charge in [0.15, 0.2) is 0 Å². The summed E-state index contributed by atoms with van der Waals surface area (Å²) in [7, 11) is 0. The Hall–Kier alpha value is -1.76. The molecule has 0 amide bonds. The molecule has 0 saturated carbocycles. The lowest BCUT2D eigenvalue weighted by molar-refractivity contribution is -0.145. The topological polar surface area (TPSA) is 154 Å². The molecule has 0 aromatic carbocycles. The molecule has 0 aliphatic heterocycles. The van der Waals surface area contributed by atoms with E-state index in [9.17, 15) is 9.59 Å². The summed E-state index contributed by atoms with van der Waals surface area (Å²) in [6.45, 7) is 18.0. The molecule has 0 N–H and O–H groups in total. The van der Waals surface area contributed by atoms with Crippen LogP contribution in [0.2, 0.25) is 0 Å². The van der Waals surface area contributed by atoms with E-state index >= 15 is 0 Å². The summed E-state index contributed by atoms with van der Waals surface area (Å²) in [6.07, 6.45) is 11.6. The van der Waals surface area contributed by atoms with Crippen LogP contribution in [-0.2, 0) is 71.2 Å². The molecule has 0 unspecified atom stereocenters. The fraction of sp³-hybridized carbons (Fsp3) is 0.900. The minimum Gasteiger partial charge on any atom is -0.463 e. The van der Waals surface area contributed by atoms with Crippen molar-refractivity contribution in [2.45, 2.75) is 78.1 Å². The molecule has 0 aromatic rings. The zero-order valence-corrected chi connectivity index (χ0v) is 34.4. The minimum absolute atomic E-state index is 0.141. The van der Waals surface area contributed by atoms with E-state index < -0.39 is 5.97 Å². The standard InChI is InChI=1S/C40H76O15/c1-4-5-6-7-8-9-10-11-12-13-39(41)54-36-34-52-32-30-50-28-26-48-24-22-46-20-18-44-16-14-43-15-17-45-19-21-47-23-25-49-27-29-51-31-33-53-35-37-55-40(42)38(2)3/h2,4-37H2,1,3H3. The van der Waals surface area contributed by atoms with Gasteiger partial charge in [0.25, 0.3) is 0 Å². The van der Waals surface area contributed by atoms with Gasteiger partial charge in [0.1, 0.15) is 13.2 Å². The maximum absolute atomic E-state index is 11.8. The first-order valence-electron chi connectivity index (χ1n) is 20.4. The maximum Gasteiger partial charge on any atom is 0.333 e. The number of hydrogen-bond donors (Lipinski definition) is 0. The third-order valence-electron chi connectivity index (χ3n) is 7.50. The van der Waals surface area contributed by atoms with Gasteiger partial charge in [-0.25, -0.2) is 4.79 Å². The van der Waals surface area contributed by atoms with Crippen LogP contribution in [0.5, 0.6) is 0 Å². The molecule has 0 aliphatic carbocycles. The quantitative estimate of drug-likeness (QED) is 0.0473. The molecule has 0 aromatic heterocycles. The molecule has 0 aliphatic rings. The summed E-state index contributed by atoms with van der Waals surface area (Å²) in [5.74, 6) is -0.556. The van der Waals surface area contributed by atoms with Crippen LogP contribution in [0.3, 0.4) is 0 Å². The van der Waals surface area contributed by atoms with Crippen LogP contribution in [-0.4, -0.2) is 171 Å². The predicted molar refractivity (Wildman–Crippen MR) is 208 cm³/mol. The Morgan fingerprint density at radius 2 is 0.582 bits per heavy atom. The summed E-state index contributed by atoms with van der Waals surface area (Å²) in [5.41, 5.74) is 0.367. The van der Waals surface area contributed by atoms with Crippen LogP contribution in [0.4, 0.5) is 0 Å². The molecule has 15 heteroatoms. The van der Waals surface area contributed by atoms with Gasteiger partial charge in [-0.2, -0.15) is 0 Å². The summed E-state index contributed by atoms with van der Waals surface area (Å²) < 4.78 is 70.1. The first kappa shape index (κ1) is 53.2. The zero-order chi connectivity index (χ0) is 40.0. The summed E-state index contributed by atoms with van der Waals surface area (Å²) in [4.78, 5) is 23.0. The number of esters is 2. The van der Waals surface area contributed by atoms with Crippen LogP contribution in [0.25, 0.3) is 0 Å². The van der Waals surface area contributed by atoms with Crippen LogP contribution in [0.1, 0.15) is 78.1 Å². The molecule has 0 spiro atoms. The average molecular weight is 797 g/mol. The molecule has 0 radical (unpaired) electrons. The van der Waals surface area contributed by atoms with E-state index in [0.717, 1.165) is 12.8 Å². The summed E-state index contributed by atoms with van der Waals surface area (Å²) >= 11 is 0. The lowest BCUT2D eigenvalue weighted by Gasteiger charge is -2.09. The van der Waals surface area contributed by atoms with E-state index in [1.54, 1.807) is 6.92 Å². The van der Waals surface area contributed by atoms with Gasteiger partial charge in [0, 0.05) is 12.0 Å². The average Bonchev–Trinajstić information content (AvgIpc) is 3.18. The van der Waals surface area contributed by atoms with Crippen molar-refractivity contribution in [2.75, 3.05) is 159 Å². The molecular weight excluding hydrogens is 720 g/mol. The Morgan fingerprint density at radius 1 is 0.345 bits per heavy atom. The molecule has 0 bridgehead atoms. The Bertz CT molecular complexity index is 817. The van der Waals surface area contributed by atoms with Gasteiger partial charge >= 0.3 is 11.9 Å². The van der Waals surface area contributed by atoms with Crippen molar-refractivity contribution >= 4 is 11.9 Å². The van der Waals surface area contributed by atoms with Crippen molar-refractivity contribution < 1.29 is 71.2 Å². The normalized spacial score (nSPS) is 11.3. The van der Waals surface area contributed by atoms with E-state index in [2.05, 4.69) is 13.5 Å². The van der Waals surface area contributed by atoms with Crippen LogP contribution < -0.4 is 0 Å². The highest BCUT2D eigenvalue weighted by atomic mass is 16.6. The second-order valence-electron chi connectivity index (χ2n) is 12.5. The van der Waals surface area contributed by atoms with Gasteiger partial charge in [0.05, 0.1) is 145 Å². The summed E-state index contributed by atoms with van der Waals surface area (Å²) in [6, 6.07) is 0. The van der Waals surface area contributed by atoms with Crippen molar-refractivity contribution in [3.8, 4) is 0 Å². The fourth-order valence-electron chi connectivity index (χ4n) is 4.48. The van der Waals surface area contributed by atoms with Gasteiger partial charge in [-0.3, -0.25) is 4.79 Å². The SMILES string of the molecule is C=C(C)C(=O)OCCOCCOCCOCCOCCOCCOCCOCCOCCOCCOCCOCCOC(=O)CCCCCCCCCCC. The number of rotatable bonds is 47. The zero-order valence-electron chi connectivity index (χ0n) is 34.4. The van der Waals surface area contributed by atoms with Gasteiger partial charge in [-0.15, -0.1) is 0 Å². The van der Waals surface area contributed by atoms with Gasteiger partial charge in [0.2, 0.25) is 0 Å². The largest absolute Gasteiger partial charge is 0.463 e. The molecule has 15 nitrogen and oxygen atoms in total. The fourth-order valence-corrected chi connectivity index (χ4v) is 4.48. The van der Waals surface area contributed by atoms with Crippen molar-refractivity contribution in [3.05, 3.63) is 12.2 Å². The van der Waals surface area contributed by atoms with Crippen LogP contribution in [0, 0.1) is 0 Å². The summed E-state index contributed by atoms with van der Waals surface area (Å²) in [5, 5.41) is 0. The number of ether oxygens (including phenoxy) is 13. The number of carbonyl (C=O) groups excluding carboxylic acids is 2. The number of hydrogen-bond acceptors (Lipinski definition) is 15. The first-order valence-corrected chi connectivity index (χ1v) is 20.4. The molecule has 0 atom stereocenters. The number of carbonyl (C=O) groups is 2. The number of unbranched alkanes of at least 4 members (excludes halogenated alkanes) is 8. The highest BCUT2D eigenvalue weighted by molar-refractivity contribution is 5.86. The molecule has 326 valence electrons. The van der Waals surface area contributed by atoms with E-state index in [1.165, 1.54) is 44.9 Å². The highest BCUT2D eigenvalue weighted by Crippen LogP contribution is 2.10. The van der Waals surface area contributed by atoms with E-state index in [-0.39, 0.29) is 19.2 Å². The van der Waals surface area contributed by atoms with Crippen molar-refractivity contribution in [3.63, 3.8) is 0 Å². The molecule has 0 heterocycles. The van der Waals surface area contributed by atoms with Crippen LogP contribution >= 0.6 is 0 Å². The molecule has 0 saturated heterocycles. The maximum atomic E-state index is 11.8. The molecule has 55 heavy (non-hydrogen) atoms. The van der Waals surface area contributed by atoms with Crippen molar-refractivity contribution in [2.24, 2.45) is 0 Å². The second kappa shape index (κ2) is 46.6. The third kappa shape index (κ3) is 46.5. The Labute approximate surface area is 331 Å². The molecular formula is C40H76O15. The van der Waals surface area contributed by atoms with Crippen molar-refractivity contribution in [1.82, 2.24) is 0 Å². The van der Waals surface area contributed by atoms with Crippen LogP contribution in [0.15, 0.2) is 12.2 Å². The lowest BCUT2D eigenvalue weighted by Crippen LogP contribution is -2.16. The predicted octanol–water partition coefficient (Wildman–Crippen LogP) is 4.75. The monoisotopic (exact) mass is 797 g/mol. The van der Waals surface area contributed by atoms with Crippen molar-refractivity contribution in [1.29, 1.82) is 0 Å². The Morgan fingerprint density at radius 3 is 0.855 bits per heavy atom. The van der Waals surface area contributed by atoms with Gasteiger partial charge in [-0.1, -0.05) is 64.9 Å². The van der Waals surface area contributed by atoms with Gasteiger partial charge < -0.3 is 61.6 Å². The highest BCUT2D eigenvalue weighted by Gasteiger charge is 2.04. The minimum atomic E-state index is -0.415. The first-order chi connectivity index (χ1) is 27.1. The van der Waals surface area contributed by atoms with E-state index in [4.69, 9.17) is 61.6 Å². The van der Waals surface area contributed by atoms with E-state index in [0.29, 0.717) is 157 Å². The lowest BCUT2D eigenvalue weighted by atomic mass is 10.1. The Kier molecular flexibility index (Phi) is 45.1. The smallest absolute Gasteiger partial charge is 0.333 e. The molecule has 0 fully saturated rings. The third-order valence-corrected chi connectivity index (χ3v) is 7.50. The Balaban J connectivity index is 3.12. The second-order valence-corrected chi connectivity index (χ2v) is 12.5. The van der Waals surface area contributed by atoms with E-state index in [1.807, 2.05) is 0 Å². The molecule has 0 rings (SSSR count).